The van der Waals surface area contributed by atoms with Gasteiger partial charge in [0.25, 0.3) is 0 Å². The van der Waals surface area contributed by atoms with Crippen LogP contribution in [0.1, 0.15) is 22.9 Å². The normalized spacial score (nSPS) is 15.3. The Hall–Kier alpha value is -6.27. The molecule has 0 aliphatic carbocycles. The van der Waals surface area contributed by atoms with E-state index in [4.69, 9.17) is 18.9 Å². The van der Waals surface area contributed by atoms with Gasteiger partial charge in [0.05, 0.1) is 11.4 Å². The molecule has 1 atom stereocenters. The second kappa shape index (κ2) is 9.61. The van der Waals surface area contributed by atoms with Crippen molar-refractivity contribution in [2.24, 2.45) is 4.99 Å². The van der Waals surface area contributed by atoms with Gasteiger partial charge in [0.15, 0.2) is 28.8 Å². The maximum absolute atomic E-state index is 6.64. The van der Waals surface area contributed by atoms with E-state index < -0.39 is 0 Å². The number of benzene rings is 6. The molecular formula is C40H25N3O3. The van der Waals surface area contributed by atoms with Crippen LogP contribution in [0.5, 0.6) is 23.0 Å². The number of anilines is 3. The highest BCUT2D eigenvalue weighted by Crippen LogP contribution is 2.60. The lowest BCUT2D eigenvalue weighted by Gasteiger charge is -2.38. The van der Waals surface area contributed by atoms with Crippen molar-refractivity contribution < 1.29 is 13.9 Å². The Kier molecular flexibility index (Phi) is 5.25. The molecule has 6 aromatic carbocycles. The van der Waals surface area contributed by atoms with Crippen LogP contribution in [0.2, 0.25) is 0 Å². The topological polar surface area (TPSA) is 59.2 Å². The van der Waals surface area contributed by atoms with E-state index in [9.17, 15) is 0 Å². The molecular weight excluding hydrogens is 570 g/mol. The van der Waals surface area contributed by atoms with Crippen LogP contribution in [0.4, 0.5) is 22.7 Å². The number of amidine groups is 1. The molecule has 0 saturated carbocycles. The molecule has 46 heavy (non-hydrogen) atoms. The van der Waals surface area contributed by atoms with E-state index in [0.717, 1.165) is 90.6 Å². The number of hydrogen-bond acceptors (Lipinski definition) is 6. The molecule has 3 aliphatic rings. The van der Waals surface area contributed by atoms with Crippen LogP contribution < -0.4 is 19.7 Å². The second-order valence-electron chi connectivity index (χ2n) is 11.6. The summed E-state index contributed by atoms with van der Waals surface area (Å²) in [6.07, 6.45) is 0. The summed E-state index contributed by atoms with van der Waals surface area (Å²) in [5, 5.41) is 4.68. The number of nitrogens with one attached hydrogen (secondary N) is 1. The molecule has 0 saturated heterocycles. The van der Waals surface area contributed by atoms with Crippen molar-refractivity contribution >= 4 is 39.6 Å². The highest BCUT2D eigenvalue weighted by Gasteiger charge is 2.35. The molecule has 218 valence electrons. The van der Waals surface area contributed by atoms with Crippen molar-refractivity contribution in [3.05, 3.63) is 156 Å². The molecule has 6 heteroatoms. The number of ether oxygens (including phenoxy) is 2. The molecule has 7 aromatic rings. The maximum Gasteiger partial charge on any atom is 0.159 e. The third-order valence-corrected chi connectivity index (χ3v) is 8.92. The van der Waals surface area contributed by atoms with E-state index >= 15 is 0 Å². The third kappa shape index (κ3) is 3.67. The highest BCUT2D eigenvalue weighted by molar-refractivity contribution is 6.06. The summed E-state index contributed by atoms with van der Waals surface area (Å²) in [6.45, 7) is 0. The van der Waals surface area contributed by atoms with Crippen LogP contribution in [0.25, 0.3) is 22.1 Å². The summed E-state index contributed by atoms with van der Waals surface area (Å²) in [6, 6.07) is 47.2. The van der Waals surface area contributed by atoms with Gasteiger partial charge in [0.1, 0.15) is 28.8 Å². The van der Waals surface area contributed by atoms with Crippen LogP contribution in [0.15, 0.2) is 149 Å². The van der Waals surface area contributed by atoms with Gasteiger partial charge in [-0.25, -0.2) is 4.99 Å². The lowest BCUT2D eigenvalue weighted by Crippen LogP contribution is -2.32. The van der Waals surface area contributed by atoms with E-state index in [1.807, 2.05) is 60.7 Å². The zero-order valence-electron chi connectivity index (χ0n) is 24.5. The molecule has 0 fully saturated rings. The van der Waals surface area contributed by atoms with Crippen molar-refractivity contribution in [1.82, 2.24) is 5.32 Å². The average Bonchev–Trinajstić information content (AvgIpc) is 3.50. The number of aliphatic imine (C=N–C) groups is 1. The van der Waals surface area contributed by atoms with E-state index in [1.165, 1.54) is 0 Å². The molecule has 1 unspecified atom stereocenters. The molecule has 1 N–H and O–H groups in total. The van der Waals surface area contributed by atoms with Crippen molar-refractivity contribution in [2.75, 3.05) is 4.90 Å². The van der Waals surface area contributed by atoms with Crippen LogP contribution in [-0.2, 0) is 0 Å². The van der Waals surface area contributed by atoms with Crippen molar-refractivity contribution in [1.29, 1.82) is 0 Å². The van der Waals surface area contributed by atoms with Gasteiger partial charge in [-0.15, -0.1) is 0 Å². The SMILES string of the molecule is c1ccc(C2NC(c3ccc(-c4cccc5c4Oc4cccc6c4N5c4ccccc4O6)cc3)=Nc3c2oc2ccccc32)cc1. The number of fused-ring (bicyclic) bond motifs is 7. The zero-order valence-corrected chi connectivity index (χ0v) is 24.5. The lowest BCUT2D eigenvalue weighted by atomic mass is 9.98. The van der Waals surface area contributed by atoms with Crippen LogP contribution in [0.3, 0.4) is 0 Å². The van der Waals surface area contributed by atoms with E-state index in [-0.39, 0.29) is 6.04 Å². The Morgan fingerprint density at radius 3 is 2.17 bits per heavy atom. The minimum Gasteiger partial charge on any atom is -0.456 e. The number of furan rings is 1. The predicted molar refractivity (Wildman–Crippen MR) is 181 cm³/mol. The maximum atomic E-state index is 6.64. The van der Waals surface area contributed by atoms with Gasteiger partial charge >= 0.3 is 0 Å². The van der Waals surface area contributed by atoms with Gasteiger partial charge in [0.2, 0.25) is 0 Å². The minimum atomic E-state index is -0.160. The largest absolute Gasteiger partial charge is 0.456 e. The van der Waals surface area contributed by atoms with Crippen LogP contribution >= 0.6 is 0 Å². The third-order valence-electron chi connectivity index (χ3n) is 8.92. The number of rotatable bonds is 3. The van der Waals surface area contributed by atoms with Crippen molar-refractivity contribution in [3.8, 4) is 34.1 Å². The Morgan fingerprint density at radius 1 is 0.587 bits per heavy atom. The summed E-state index contributed by atoms with van der Waals surface area (Å²) in [5.74, 6) is 4.80. The summed E-state index contributed by atoms with van der Waals surface area (Å²) >= 11 is 0. The zero-order chi connectivity index (χ0) is 30.2. The summed E-state index contributed by atoms with van der Waals surface area (Å²) in [5.41, 5.74) is 8.75. The molecule has 4 heterocycles. The number of hydrogen-bond donors (Lipinski definition) is 1. The van der Waals surface area contributed by atoms with Crippen LogP contribution in [0, 0.1) is 0 Å². The summed E-state index contributed by atoms with van der Waals surface area (Å²) in [7, 11) is 0. The monoisotopic (exact) mass is 595 g/mol. The number of para-hydroxylation sites is 5. The molecule has 6 nitrogen and oxygen atoms in total. The fourth-order valence-corrected chi connectivity index (χ4v) is 6.79. The lowest BCUT2D eigenvalue weighted by molar-refractivity contribution is 0.447. The fraction of sp³-hybridized carbons (Fsp3) is 0.0250. The Morgan fingerprint density at radius 2 is 1.28 bits per heavy atom. The fourth-order valence-electron chi connectivity index (χ4n) is 6.79. The first-order valence-electron chi connectivity index (χ1n) is 15.3. The van der Waals surface area contributed by atoms with Gasteiger partial charge in [-0.05, 0) is 53.6 Å². The predicted octanol–water partition coefficient (Wildman–Crippen LogP) is 10.6. The molecule has 1 aromatic heterocycles. The van der Waals surface area contributed by atoms with Gasteiger partial charge in [-0.1, -0.05) is 97.1 Å². The number of nitrogens with zero attached hydrogens (tertiary/aromatic N) is 2. The molecule has 0 radical (unpaired) electrons. The average molecular weight is 596 g/mol. The Bertz CT molecular complexity index is 2360. The molecule has 10 rings (SSSR count). The first-order chi connectivity index (χ1) is 22.8. The standard InChI is InChI=1S/C40H25N3O3/c1-2-10-25(11-3-1)35-39-36(28-12-4-6-16-31(28)45-39)42-40(41-35)26-22-20-24(21-23-26)27-13-8-15-30-38(27)46-34-19-9-18-33-37(34)43(30)29-14-5-7-17-32(29)44-33/h1-23,35H,(H,41,42). The second-order valence-corrected chi connectivity index (χ2v) is 11.6. The van der Waals surface area contributed by atoms with Gasteiger partial charge in [-0.2, -0.15) is 0 Å². The van der Waals surface area contributed by atoms with Crippen molar-refractivity contribution in [3.63, 3.8) is 0 Å². The van der Waals surface area contributed by atoms with Gasteiger partial charge in [0, 0.05) is 16.5 Å². The van der Waals surface area contributed by atoms with E-state index in [2.05, 4.69) is 89.1 Å². The first kappa shape index (κ1) is 25.1. The molecule has 0 spiro atoms. The first-order valence-corrected chi connectivity index (χ1v) is 15.3. The van der Waals surface area contributed by atoms with Gasteiger partial charge < -0.3 is 19.2 Å². The van der Waals surface area contributed by atoms with Gasteiger partial charge in [-0.3, -0.25) is 4.90 Å². The highest BCUT2D eigenvalue weighted by atomic mass is 16.5. The minimum absolute atomic E-state index is 0.160. The smallest absolute Gasteiger partial charge is 0.159 e. The molecule has 3 aliphatic heterocycles. The van der Waals surface area contributed by atoms with Crippen LogP contribution in [-0.4, -0.2) is 5.84 Å². The Balaban J connectivity index is 1.06. The Labute approximate surface area is 264 Å². The van der Waals surface area contributed by atoms with Crippen molar-refractivity contribution in [2.45, 2.75) is 6.04 Å². The van der Waals surface area contributed by atoms with E-state index in [0.29, 0.717) is 0 Å². The molecule has 0 amide bonds. The summed E-state index contributed by atoms with van der Waals surface area (Å²) in [4.78, 5) is 7.35. The van der Waals surface area contributed by atoms with E-state index in [1.54, 1.807) is 0 Å². The quantitative estimate of drug-likeness (QED) is 0.220. The molecule has 0 bridgehead atoms. The summed E-state index contributed by atoms with van der Waals surface area (Å²) < 4.78 is 19.2.